The van der Waals surface area contributed by atoms with E-state index in [1.54, 1.807) is 13.3 Å². The Morgan fingerprint density at radius 3 is 2.39 bits per heavy atom. The first-order valence-electron chi connectivity index (χ1n) is 14.7. The maximum Gasteiger partial charge on any atom is 0.253 e. The first-order chi connectivity index (χ1) is 21.5. The van der Waals surface area contributed by atoms with E-state index in [1.165, 1.54) is 5.56 Å². The highest BCUT2D eigenvalue weighted by Crippen LogP contribution is 2.31. The third-order valence-corrected chi connectivity index (χ3v) is 8.04. The lowest BCUT2D eigenvalue weighted by molar-refractivity contribution is 0.193. The second-order valence-corrected chi connectivity index (χ2v) is 11.1. The molecule has 0 aliphatic heterocycles. The lowest BCUT2D eigenvalue weighted by Gasteiger charge is -2.31. The van der Waals surface area contributed by atoms with Gasteiger partial charge in [-0.15, -0.1) is 5.10 Å². The SMILES string of the molecule is COc1ccc(CN(Cc2cccnc2)C(c2cc3c(C)ccc(C)c3[nH]c2=O)c2nnnn2CCc2ccccc2)cc1. The summed E-state index contributed by atoms with van der Waals surface area (Å²) in [6.07, 6.45) is 4.37. The highest BCUT2D eigenvalue weighted by molar-refractivity contribution is 5.85. The Hall–Kier alpha value is -5.15. The van der Waals surface area contributed by atoms with E-state index in [0.29, 0.717) is 31.0 Å². The number of methoxy groups -OCH3 is 1. The second-order valence-electron chi connectivity index (χ2n) is 11.1. The maximum absolute atomic E-state index is 14.0. The van der Waals surface area contributed by atoms with Gasteiger partial charge in [-0.1, -0.05) is 60.7 Å². The van der Waals surface area contributed by atoms with E-state index in [2.05, 4.69) is 55.5 Å². The van der Waals surface area contributed by atoms with Crippen LogP contribution in [0.25, 0.3) is 10.9 Å². The molecule has 9 heteroatoms. The summed E-state index contributed by atoms with van der Waals surface area (Å²) in [5.74, 6) is 1.39. The van der Waals surface area contributed by atoms with Gasteiger partial charge in [0.15, 0.2) is 5.82 Å². The van der Waals surface area contributed by atoms with Gasteiger partial charge in [-0.05, 0) is 82.8 Å². The number of hydrogen-bond acceptors (Lipinski definition) is 7. The van der Waals surface area contributed by atoms with Crippen LogP contribution in [0.3, 0.4) is 0 Å². The van der Waals surface area contributed by atoms with Crippen molar-refractivity contribution >= 4 is 10.9 Å². The monoisotopic (exact) mass is 585 g/mol. The van der Waals surface area contributed by atoms with Crippen LogP contribution < -0.4 is 10.3 Å². The van der Waals surface area contributed by atoms with Gasteiger partial charge in [-0.25, -0.2) is 4.68 Å². The van der Waals surface area contributed by atoms with Gasteiger partial charge in [0.25, 0.3) is 5.56 Å². The van der Waals surface area contributed by atoms with Crippen LogP contribution in [0.1, 0.15) is 45.2 Å². The average Bonchev–Trinajstić information content (AvgIpc) is 3.52. The molecule has 1 unspecified atom stereocenters. The quantitative estimate of drug-likeness (QED) is 0.212. The standard InChI is InChI=1S/C35H35N7O2/c1-24-11-12-25(2)32-30(24)20-31(35(43)37-32)33(34-38-39-40-42(34)19-17-26-8-5-4-6-9-26)41(23-28-10-7-18-36-21-28)22-27-13-15-29(44-3)16-14-27/h4-16,18,20-21,33H,17,19,22-23H2,1-3H3,(H,37,43). The first kappa shape index (κ1) is 28.9. The minimum atomic E-state index is -0.559. The zero-order chi connectivity index (χ0) is 30.5. The molecule has 0 saturated carbocycles. The van der Waals surface area contributed by atoms with Crippen molar-refractivity contribution in [2.45, 2.75) is 45.9 Å². The fourth-order valence-corrected chi connectivity index (χ4v) is 5.67. The van der Waals surface area contributed by atoms with Crippen LogP contribution in [0, 0.1) is 13.8 Å². The molecular formula is C35H35N7O2. The summed E-state index contributed by atoms with van der Waals surface area (Å²) in [6, 6.07) is 27.8. The van der Waals surface area contributed by atoms with Crippen molar-refractivity contribution in [1.82, 2.24) is 35.1 Å². The molecule has 44 heavy (non-hydrogen) atoms. The highest BCUT2D eigenvalue weighted by atomic mass is 16.5. The molecule has 1 N–H and O–H groups in total. The van der Waals surface area contributed by atoms with E-state index in [-0.39, 0.29) is 5.56 Å². The largest absolute Gasteiger partial charge is 0.497 e. The summed E-state index contributed by atoms with van der Waals surface area (Å²) in [7, 11) is 1.66. The third kappa shape index (κ3) is 6.28. The molecule has 0 spiro atoms. The molecule has 0 fully saturated rings. The number of pyridine rings is 2. The second kappa shape index (κ2) is 13.0. The molecule has 3 heterocycles. The van der Waals surface area contributed by atoms with Crippen LogP contribution in [0.15, 0.2) is 102 Å². The fraction of sp³-hybridized carbons (Fsp3) is 0.229. The van der Waals surface area contributed by atoms with Gasteiger partial charge in [0.1, 0.15) is 11.8 Å². The number of rotatable bonds is 11. The summed E-state index contributed by atoms with van der Waals surface area (Å²) in [6.45, 7) is 5.68. The summed E-state index contributed by atoms with van der Waals surface area (Å²) in [4.78, 5) is 23.8. The molecule has 0 aliphatic rings. The fourth-order valence-electron chi connectivity index (χ4n) is 5.67. The summed E-state index contributed by atoms with van der Waals surface area (Å²) in [5, 5.41) is 14.1. The molecule has 9 nitrogen and oxygen atoms in total. The van der Waals surface area contributed by atoms with E-state index < -0.39 is 6.04 Å². The molecule has 0 bridgehead atoms. The van der Waals surface area contributed by atoms with E-state index in [4.69, 9.17) is 4.74 Å². The normalized spacial score (nSPS) is 12.1. The molecule has 3 aromatic carbocycles. The molecule has 0 amide bonds. The number of aryl methyl sites for hydroxylation is 4. The Labute approximate surface area is 256 Å². The Kier molecular flexibility index (Phi) is 8.56. The smallest absolute Gasteiger partial charge is 0.253 e. The zero-order valence-electron chi connectivity index (χ0n) is 25.1. The van der Waals surface area contributed by atoms with Gasteiger partial charge < -0.3 is 9.72 Å². The van der Waals surface area contributed by atoms with Crippen molar-refractivity contribution < 1.29 is 4.74 Å². The summed E-state index contributed by atoms with van der Waals surface area (Å²) < 4.78 is 7.23. The lowest BCUT2D eigenvalue weighted by atomic mass is 9.98. The topological polar surface area (TPSA) is 102 Å². The van der Waals surface area contributed by atoms with Gasteiger partial charge in [0, 0.05) is 43.0 Å². The number of aromatic nitrogens is 6. The lowest BCUT2D eigenvalue weighted by Crippen LogP contribution is -2.35. The van der Waals surface area contributed by atoms with Crippen molar-refractivity contribution in [2.75, 3.05) is 7.11 Å². The molecule has 6 aromatic rings. The molecule has 6 rings (SSSR count). The van der Waals surface area contributed by atoms with Crippen molar-refractivity contribution in [3.8, 4) is 5.75 Å². The number of hydrogen-bond donors (Lipinski definition) is 1. The number of aromatic amines is 1. The Morgan fingerprint density at radius 1 is 0.886 bits per heavy atom. The Bertz CT molecular complexity index is 1900. The number of tetrazole rings is 1. The van der Waals surface area contributed by atoms with Crippen LogP contribution in [-0.2, 0) is 26.1 Å². The number of nitrogens with zero attached hydrogens (tertiary/aromatic N) is 6. The Morgan fingerprint density at radius 2 is 1.64 bits per heavy atom. The van der Waals surface area contributed by atoms with Crippen LogP contribution in [0.4, 0.5) is 0 Å². The third-order valence-electron chi connectivity index (χ3n) is 8.04. The van der Waals surface area contributed by atoms with Crippen molar-refractivity contribution in [2.24, 2.45) is 0 Å². The molecule has 0 aliphatic carbocycles. The number of fused-ring (bicyclic) bond motifs is 1. The van der Waals surface area contributed by atoms with Gasteiger partial charge in [-0.3, -0.25) is 14.7 Å². The number of H-pyrrole nitrogens is 1. The van der Waals surface area contributed by atoms with Gasteiger partial charge in [0.05, 0.1) is 12.6 Å². The molecular weight excluding hydrogens is 550 g/mol. The van der Waals surface area contributed by atoms with E-state index in [0.717, 1.165) is 45.3 Å². The van der Waals surface area contributed by atoms with E-state index >= 15 is 0 Å². The molecule has 0 saturated heterocycles. The molecule has 3 aromatic heterocycles. The predicted octanol–water partition coefficient (Wildman–Crippen LogP) is 5.57. The van der Waals surface area contributed by atoms with Crippen LogP contribution >= 0.6 is 0 Å². The molecule has 1 atom stereocenters. The minimum absolute atomic E-state index is 0.167. The number of nitrogens with one attached hydrogen (secondary N) is 1. The molecule has 222 valence electrons. The highest BCUT2D eigenvalue weighted by Gasteiger charge is 2.31. The molecule has 0 radical (unpaired) electrons. The van der Waals surface area contributed by atoms with E-state index in [1.807, 2.05) is 84.5 Å². The van der Waals surface area contributed by atoms with E-state index in [9.17, 15) is 4.79 Å². The average molecular weight is 586 g/mol. The van der Waals surface area contributed by atoms with Crippen LogP contribution in [0.2, 0.25) is 0 Å². The minimum Gasteiger partial charge on any atom is -0.497 e. The predicted molar refractivity (Wildman–Crippen MR) is 170 cm³/mol. The maximum atomic E-state index is 14.0. The van der Waals surface area contributed by atoms with Gasteiger partial charge in [0.2, 0.25) is 0 Å². The Balaban J connectivity index is 1.50. The van der Waals surface area contributed by atoms with Crippen LogP contribution in [0.5, 0.6) is 5.75 Å². The van der Waals surface area contributed by atoms with Crippen molar-refractivity contribution in [3.05, 3.63) is 147 Å². The summed E-state index contributed by atoms with van der Waals surface area (Å²) in [5.41, 5.74) is 6.62. The first-order valence-corrected chi connectivity index (χ1v) is 14.7. The van der Waals surface area contributed by atoms with Gasteiger partial charge >= 0.3 is 0 Å². The van der Waals surface area contributed by atoms with Gasteiger partial charge in [-0.2, -0.15) is 0 Å². The zero-order valence-corrected chi connectivity index (χ0v) is 25.1. The number of benzene rings is 3. The van der Waals surface area contributed by atoms with Crippen LogP contribution in [-0.4, -0.2) is 42.2 Å². The van der Waals surface area contributed by atoms with Crippen molar-refractivity contribution in [1.29, 1.82) is 0 Å². The number of ether oxygens (including phenoxy) is 1. The summed E-state index contributed by atoms with van der Waals surface area (Å²) >= 11 is 0. The van der Waals surface area contributed by atoms with Crippen molar-refractivity contribution in [3.63, 3.8) is 0 Å².